The summed E-state index contributed by atoms with van der Waals surface area (Å²) in [6.07, 6.45) is 6.96. The van der Waals surface area contributed by atoms with Gasteiger partial charge in [-0.25, -0.2) is 9.97 Å². The Hall–Kier alpha value is -1.69. The van der Waals surface area contributed by atoms with E-state index in [1.807, 2.05) is 7.05 Å². The Bertz CT molecular complexity index is 612. The number of aryl methyl sites for hydroxylation is 1. The number of fused-ring (bicyclic) bond motifs is 1. The topological polar surface area (TPSA) is 72.9 Å². The molecule has 3 rings (SSSR count). The number of hydrogen-bond acceptors (Lipinski definition) is 5. The molecule has 1 saturated heterocycles. The lowest BCUT2D eigenvalue weighted by Gasteiger charge is -2.31. The van der Waals surface area contributed by atoms with Crippen LogP contribution in [0.4, 0.5) is 5.82 Å². The van der Waals surface area contributed by atoms with E-state index in [-0.39, 0.29) is 0 Å². The van der Waals surface area contributed by atoms with Gasteiger partial charge in [0.15, 0.2) is 5.65 Å². The van der Waals surface area contributed by atoms with E-state index in [9.17, 15) is 0 Å². The monoisotopic (exact) mass is 288 g/mol. The molecule has 0 atom stereocenters. The van der Waals surface area contributed by atoms with Crippen molar-refractivity contribution in [3.63, 3.8) is 0 Å². The summed E-state index contributed by atoms with van der Waals surface area (Å²) in [5, 5.41) is 5.03. The molecule has 21 heavy (non-hydrogen) atoms. The number of piperidine rings is 1. The van der Waals surface area contributed by atoms with Crippen LogP contribution >= 0.6 is 0 Å². The van der Waals surface area contributed by atoms with Crippen molar-refractivity contribution < 1.29 is 0 Å². The molecule has 1 aliphatic rings. The van der Waals surface area contributed by atoms with Crippen LogP contribution in [-0.2, 0) is 13.6 Å². The number of anilines is 1. The van der Waals surface area contributed by atoms with Gasteiger partial charge in [0.25, 0.3) is 0 Å². The zero-order chi connectivity index (χ0) is 14.8. The molecule has 0 aromatic carbocycles. The van der Waals surface area contributed by atoms with Crippen LogP contribution in [0.1, 0.15) is 38.4 Å². The fourth-order valence-corrected chi connectivity index (χ4v) is 3.20. The van der Waals surface area contributed by atoms with Gasteiger partial charge in [-0.1, -0.05) is 19.8 Å². The van der Waals surface area contributed by atoms with Crippen LogP contribution in [0.2, 0.25) is 0 Å². The van der Waals surface area contributed by atoms with Gasteiger partial charge in [0, 0.05) is 7.05 Å². The lowest BCUT2D eigenvalue weighted by atomic mass is 9.92. The average molecular weight is 288 g/mol. The molecule has 0 unspecified atom stereocenters. The van der Waals surface area contributed by atoms with Crippen LogP contribution in [0.15, 0.2) is 6.20 Å². The van der Waals surface area contributed by atoms with Crippen molar-refractivity contribution >= 4 is 16.9 Å². The second-order valence-electron chi connectivity index (χ2n) is 6.04. The van der Waals surface area contributed by atoms with E-state index >= 15 is 0 Å². The van der Waals surface area contributed by atoms with Crippen LogP contribution in [0, 0.1) is 5.92 Å². The predicted molar refractivity (Wildman–Crippen MR) is 83.6 cm³/mol. The third-order valence-electron chi connectivity index (χ3n) is 4.44. The summed E-state index contributed by atoms with van der Waals surface area (Å²) in [5.41, 5.74) is 6.83. The molecule has 2 N–H and O–H groups in total. The highest BCUT2D eigenvalue weighted by Gasteiger charge is 2.20. The van der Waals surface area contributed by atoms with Gasteiger partial charge in [0.2, 0.25) is 0 Å². The minimum Gasteiger partial charge on any atom is -0.383 e. The standard InChI is InChI=1S/C15H24N6/c1-3-4-11-5-7-21(8-6-11)10-13-18-14(16)12-9-17-20(2)15(12)19-13/h9,11H,3-8,10H2,1-2H3,(H2,16,18,19). The molecule has 0 amide bonds. The molecular formula is C15H24N6. The number of likely N-dealkylation sites (tertiary alicyclic amines) is 1. The van der Waals surface area contributed by atoms with Crippen molar-refractivity contribution in [3.8, 4) is 0 Å². The Balaban J connectivity index is 1.69. The van der Waals surface area contributed by atoms with E-state index in [0.29, 0.717) is 5.82 Å². The summed E-state index contributed by atoms with van der Waals surface area (Å²) in [6.45, 7) is 5.32. The van der Waals surface area contributed by atoms with Crippen molar-refractivity contribution in [3.05, 3.63) is 12.0 Å². The lowest BCUT2D eigenvalue weighted by molar-refractivity contribution is 0.168. The first kappa shape index (κ1) is 14.3. The zero-order valence-corrected chi connectivity index (χ0v) is 12.9. The maximum atomic E-state index is 6.01. The molecule has 0 aliphatic carbocycles. The zero-order valence-electron chi connectivity index (χ0n) is 12.9. The molecule has 1 aliphatic heterocycles. The van der Waals surface area contributed by atoms with Crippen LogP contribution in [0.25, 0.3) is 11.0 Å². The summed E-state index contributed by atoms with van der Waals surface area (Å²) in [7, 11) is 1.88. The Morgan fingerprint density at radius 3 is 2.76 bits per heavy atom. The van der Waals surface area contributed by atoms with Crippen LogP contribution in [0.3, 0.4) is 0 Å². The van der Waals surface area contributed by atoms with Gasteiger partial charge in [-0.15, -0.1) is 0 Å². The number of nitrogens with zero attached hydrogens (tertiary/aromatic N) is 5. The van der Waals surface area contributed by atoms with Crippen LogP contribution in [0.5, 0.6) is 0 Å². The second-order valence-corrected chi connectivity index (χ2v) is 6.04. The van der Waals surface area contributed by atoms with E-state index < -0.39 is 0 Å². The van der Waals surface area contributed by atoms with E-state index in [1.54, 1.807) is 10.9 Å². The first-order valence-corrected chi connectivity index (χ1v) is 7.83. The summed E-state index contributed by atoms with van der Waals surface area (Å²) in [4.78, 5) is 11.5. The smallest absolute Gasteiger partial charge is 0.163 e. The fraction of sp³-hybridized carbons (Fsp3) is 0.667. The number of nitrogens with two attached hydrogens (primary N) is 1. The van der Waals surface area contributed by atoms with Gasteiger partial charge in [0.1, 0.15) is 11.6 Å². The molecule has 0 radical (unpaired) electrons. The highest BCUT2D eigenvalue weighted by atomic mass is 15.3. The number of rotatable bonds is 4. The van der Waals surface area contributed by atoms with Crippen molar-refractivity contribution in [2.75, 3.05) is 18.8 Å². The van der Waals surface area contributed by atoms with Crippen LogP contribution < -0.4 is 5.73 Å². The third-order valence-corrected chi connectivity index (χ3v) is 4.44. The molecule has 3 heterocycles. The number of aromatic nitrogens is 4. The normalized spacial score (nSPS) is 17.6. The molecule has 0 spiro atoms. The van der Waals surface area contributed by atoms with Crippen molar-refractivity contribution in [2.45, 2.75) is 39.2 Å². The first-order valence-electron chi connectivity index (χ1n) is 7.83. The maximum Gasteiger partial charge on any atom is 0.163 e. The second kappa shape index (κ2) is 5.97. The summed E-state index contributed by atoms with van der Waals surface area (Å²) in [5.74, 6) is 2.23. The summed E-state index contributed by atoms with van der Waals surface area (Å²) >= 11 is 0. The van der Waals surface area contributed by atoms with Crippen molar-refractivity contribution in [2.24, 2.45) is 13.0 Å². The number of nitrogen functional groups attached to an aromatic ring is 1. The van der Waals surface area contributed by atoms with E-state index in [0.717, 1.165) is 42.4 Å². The Kier molecular flexibility index (Phi) is 4.05. The lowest BCUT2D eigenvalue weighted by Crippen LogP contribution is -2.33. The molecule has 114 valence electrons. The molecule has 6 heteroatoms. The van der Waals surface area contributed by atoms with Crippen molar-refractivity contribution in [1.82, 2.24) is 24.6 Å². The minimum atomic E-state index is 0.531. The van der Waals surface area contributed by atoms with Gasteiger partial charge in [0.05, 0.1) is 18.1 Å². The Morgan fingerprint density at radius 1 is 1.29 bits per heavy atom. The molecule has 0 bridgehead atoms. The van der Waals surface area contributed by atoms with Gasteiger partial charge in [-0.05, 0) is 31.8 Å². The van der Waals surface area contributed by atoms with Crippen LogP contribution in [-0.4, -0.2) is 37.7 Å². The van der Waals surface area contributed by atoms with E-state index in [2.05, 4.69) is 26.9 Å². The summed E-state index contributed by atoms with van der Waals surface area (Å²) < 4.78 is 1.75. The molecular weight excluding hydrogens is 264 g/mol. The van der Waals surface area contributed by atoms with Gasteiger partial charge in [-0.3, -0.25) is 9.58 Å². The van der Waals surface area contributed by atoms with E-state index in [1.165, 1.54) is 25.7 Å². The maximum absolute atomic E-state index is 6.01. The minimum absolute atomic E-state index is 0.531. The first-order chi connectivity index (χ1) is 10.2. The van der Waals surface area contributed by atoms with Gasteiger partial charge in [-0.2, -0.15) is 5.10 Å². The molecule has 2 aromatic rings. The fourth-order valence-electron chi connectivity index (χ4n) is 3.20. The predicted octanol–water partition coefficient (Wildman–Crippen LogP) is 1.96. The highest BCUT2D eigenvalue weighted by molar-refractivity contribution is 5.84. The Morgan fingerprint density at radius 2 is 2.05 bits per heavy atom. The molecule has 6 nitrogen and oxygen atoms in total. The van der Waals surface area contributed by atoms with Crippen molar-refractivity contribution in [1.29, 1.82) is 0 Å². The third kappa shape index (κ3) is 3.00. The number of hydrogen-bond donors (Lipinski definition) is 1. The Labute approximate surface area is 125 Å². The molecule has 1 fully saturated rings. The van der Waals surface area contributed by atoms with E-state index in [4.69, 9.17) is 5.73 Å². The quantitative estimate of drug-likeness (QED) is 0.931. The molecule has 0 saturated carbocycles. The van der Waals surface area contributed by atoms with Gasteiger partial charge < -0.3 is 5.73 Å². The molecule has 2 aromatic heterocycles. The van der Waals surface area contributed by atoms with Gasteiger partial charge >= 0.3 is 0 Å². The SMILES string of the molecule is CCCC1CCN(Cc2nc(N)c3cnn(C)c3n2)CC1. The largest absolute Gasteiger partial charge is 0.383 e. The highest BCUT2D eigenvalue weighted by Crippen LogP contribution is 2.23. The summed E-state index contributed by atoms with van der Waals surface area (Å²) in [6, 6.07) is 0. The average Bonchev–Trinajstić information content (AvgIpc) is 2.84.